The van der Waals surface area contributed by atoms with Crippen LogP contribution < -0.4 is 42.8 Å². The number of carboxylic acids is 1. The van der Waals surface area contributed by atoms with Gasteiger partial charge in [0.1, 0.15) is 0 Å². The van der Waals surface area contributed by atoms with E-state index in [1.165, 1.54) is 12.1 Å². The van der Waals surface area contributed by atoms with Gasteiger partial charge in [0.05, 0.1) is 0 Å². The summed E-state index contributed by atoms with van der Waals surface area (Å²) in [5.74, 6) is -1.18. The van der Waals surface area contributed by atoms with Crippen LogP contribution in [0.2, 0.25) is 0 Å². The largest absolute Gasteiger partial charge is 1.00 e. The fourth-order valence-electron chi connectivity index (χ4n) is 0.520. The predicted octanol–water partition coefficient (Wildman–Crippen LogP) is -6.14. The van der Waals surface area contributed by atoms with Crippen molar-refractivity contribution >= 4 is 5.97 Å². The molecule has 0 spiro atoms. The Morgan fingerprint density at radius 1 is 1.36 bits per heavy atom. The third kappa shape index (κ3) is 4.35. The molecule has 0 saturated heterocycles. The van der Waals surface area contributed by atoms with Crippen molar-refractivity contribution in [2.75, 3.05) is 0 Å². The molecule has 1 aromatic carbocycles. The van der Waals surface area contributed by atoms with Gasteiger partial charge in [0.25, 0.3) is 0 Å². The van der Waals surface area contributed by atoms with E-state index in [1.54, 1.807) is 12.1 Å². The normalized spacial score (nSPS) is 7.27. The van der Waals surface area contributed by atoms with Crippen LogP contribution in [-0.2, 0) is 0 Å². The molecule has 0 aliphatic rings. The summed E-state index contributed by atoms with van der Waals surface area (Å²) < 4.78 is 0. The molecule has 0 fully saturated rings. The Morgan fingerprint density at radius 3 is 2.27 bits per heavy atom. The summed E-state index contributed by atoms with van der Waals surface area (Å²) in [5, 5.41) is 10.1. The van der Waals surface area contributed by atoms with Crippen LogP contribution in [0.15, 0.2) is 24.3 Å². The molecule has 2 nitrogen and oxygen atoms in total. The Morgan fingerprint density at radius 2 is 2.00 bits per heavy atom. The zero-order valence-corrected chi connectivity index (χ0v) is 6.63. The fourth-order valence-corrected chi connectivity index (χ4v) is 0.520. The maximum Gasteiger partial charge on any atom is 1.00 e. The molecule has 0 bridgehead atoms. The Balaban J connectivity index is 0. The molecule has 0 unspecified atom stereocenters. The fraction of sp³-hybridized carbons (Fsp3) is 0. The van der Waals surface area contributed by atoms with E-state index >= 15 is 0 Å². The number of hydrogen-bond acceptors (Lipinski definition) is 2. The number of carboxylic acid groups (broad SMARTS) is 1. The van der Waals surface area contributed by atoms with Crippen LogP contribution in [0.4, 0.5) is 0 Å². The van der Waals surface area contributed by atoms with E-state index in [0.717, 1.165) is 0 Å². The molecule has 0 atom stereocenters. The van der Waals surface area contributed by atoms with Gasteiger partial charge in [-0.15, -0.1) is 35.9 Å². The van der Waals surface area contributed by atoms with Crippen molar-refractivity contribution in [2.45, 2.75) is 0 Å². The van der Waals surface area contributed by atoms with Gasteiger partial charge < -0.3 is 9.90 Å². The average molecular weight is 134 g/mol. The van der Waals surface area contributed by atoms with Crippen LogP contribution in [-0.4, -0.2) is 5.97 Å². The minimum absolute atomic E-state index is 0. The van der Waals surface area contributed by atoms with Crippen molar-refractivity contribution < 1.29 is 47.6 Å². The zero-order valence-electron chi connectivity index (χ0n) is 6.63. The van der Waals surface area contributed by atoms with Crippen molar-refractivity contribution in [1.29, 1.82) is 0 Å². The van der Waals surface area contributed by atoms with E-state index in [2.05, 4.69) is 6.07 Å². The Labute approximate surface area is 89.3 Å². The van der Waals surface area contributed by atoms with Gasteiger partial charge in [-0.3, -0.25) is 0 Å². The number of rotatable bonds is 1. The average Bonchev–Trinajstić information content (AvgIpc) is 1.90. The van der Waals surface area contributed by atoms with Crippen molar-refractivity contribution in [3.05, 3.63) is 35.9 Å². The van der Waals surface area contributed by atoms with E-state index in [9.17, 15) is 9.90 Å². The molecule has 0 N–H and O–H groups in total. The van der Waals surface area contributed by atoms with Crippen molar-refractivity contribution in [2.24, 2.45) is 0 Å². The quantitative estimate of drug-likeness (QED) is 0.283. The number of benzene rings is 1. The second kappa shape index (κ2) is 6.59. The number of carbonyl (C=O) groups is 1. The predicted molar refractivity (Wildman–Crippen MR) is 29.6 cm³/mol. The summed E-state index contributed by atoms with van der Waals surface area (Å²) >= 11 is 0. The van der Waals surface area contributed by atoms with Gasteiger partial charge in [0, 0.05) is 0 Å². The molecule has 0 radical (unpaired) electrons. The first-order valence-electron chi connectivity index (χ1n) is 2.49. The van der Waals surface area contributed by atoms with Gasteiger partial charge in [-0.05, 0) is 5.97 Å². The molecule has 0 saturated carbocycles. The maximum atomic E-state index is 10.1. The minimum Gasteiger partial charge on any atom is -0.603 e. The molecule has 0 aliphatic heterocycles. The molecule has 11 heavy (non-hydrogen) atoms. The molecular formula is C7H4Li2O2. The molecular weight excluding hydrogens is 130 g/mol. The third-order valence-electron chi connectivity index (χ3n) is 0.929. The monoisotopic (exact) mass is 134 g/mol. The molecule has 0 amide bonds. The van der Waals surface area contributed by atoms with Gasteiger partial charge in [0.15, 0.2) is 0 Å². The van der Waals surface area contributed by atoms with E-state index < -0.39 is 5.97 Å². The van der Waals surface area contributed by atoms with Crippen LogP contribution in [0.1, 0.15) is 10.4 Å². The van der Waals surface area contributed by atoms with Crippen LogP contribution >= 0.6 is 0 Å². The number of carbonyl (C=O) groups excluding carboxylic acids is 1. The van der Waals surface area contributed by atoms with Gasteiger partial charge in [-0.25, -0.2) is 0 Å². The summed E-state index contributed by atoms with van der Waals surface area (Å²) in [6, 6.07) is 8.81. The van der Waals surface area contributed by atoms with E-state index in [4.69, 9.17) is 0 Å². The first-order chi connectivity index (χ1) is 4.30. The van der Waals surface area contributed by atoms with E-state index in [0.29, 0.717) is 0 Å². The van der Waals surface area contributed by atoms with Gasteiger partial charge >= 0.3 is 37.7 Å². The Hall–Kier alpha value is -0.115. The third-order valence-corrected chi connectivity index (χ3v) is 0.929. The number of hydrogen-bond donors (Lipinski definition) is 0. The second-order valence-corrected chi connectivity index (χ2v) is 1.56. The summed E-state index contributed by atoms with van der Waals surface area (Å²) in [6.45, 7) is 0. The van der Waals surface area contributed by atoms with Crippen LogP contribution in [0.25, 0.3) is 0 Å². The van der Waals surface area contributed by atoms with E-state index in [-0.39, 0.29) is 43.3 Å². The molecule has 46 valence electrons. The maximum absolute atomic E-state index is 10.1. The molecule has 1 rings (SSSR count). The molecule has 0 aromatic heterocycles. The second-order valence-electron chi connectivity index (χ2n) is 1.56. The Bertz CT molecular complexity index is 211. The first-order valence-corrected chi connectivity index (χ1v) is 2.49. The number of aromatic carboxylic acids is 1. The van der Waals surface area contributed by atoms with Gasteiger partial charge in [-0.2, -0.15) is 0 Å². The van der Waals surface area contributed by atoms with Crippen molar-refractivity contribution in [3.63, 3.8) is 0 Å². The SMILES string of the molecule is O=C([O-])c1[c-]cccc1.[Li+].[Li+]. The minimum atomic E-state index is -1.18. The molecule has 0 heterocycles. The van der Waals surface area contributed by atoms with Crippen molar-refractivity contribution in [1.82, 2.24) is 0 Å². The molecule has 0 aliphatic carbocycles. The topological polar surface area (TPSA) is 40.1 Å². The van der Waals surface area contributed by atoms with Crippen LogP contribution in [0.3, 0.4) is 0 Å². The van der Waals surface area contributed by atoms with E-state index in [1.807, 2.05) is 0 Å². The zero-order chi connectivity index (χ0) is 6.69. The summed E-state index contributed by atoms with van der Waals surface area (Å²) in [6.07, 6.45) is 0. The van der Waals surface area contributed by atoms with Crippen LogP contribution in [0, 0.1) is 6.07 Å². The van der Waals surface area contributed by atoms with Crippen LogP contribution in [0.5, 0.6) is 0 Å². The molecule has 1 aromatic rings. The van der Waals surface area contributed by atoms with Gasteiger partial charge in [0.2, 0.25) is 0 Å². The van der Waals surface area contributed by atoms with Gasteiger partial charge in [-0.1, -0.05) is 0 Å². The summed E-state index contributed by atoms with van der Waals surface area (Å²) in [7, 11) is 0. The summed E-state index contributed by atoms with van der Waals surface area (Å²) in [5.41, 5.74) is 0.0949. The standard InChI is InChI=1S/C7H5O2.2Li/c8-7(9)6-4-2-1-3-5-6;;/h1-4H,(H,8,9);;/q-1;2*+1/p-1. The summed E-state index contributed by atoms with van der Waals surface area (Å²) in [4.78, 5) is 10.1. The smallest absolute Gasteiger partial charge is 0.603 e. The molecule has 4 heteroatoms. The first kappa shape index (κ1) is 13.5. The Kier molecular flexibility index (Phi) is 8.07. The van der Waals surface area contributed by atoms with Crippen molar-refractivity contribution in [3.8, 4) is 0 Å².